The van der Waals surface area contributed by atoms with Gasteiger partial charge in [0.05, 0.1) is 33.7 Å². The number of sulfonamides is 1. The van der Waals surface area contributed by atoms with Crippen molar-refractivity contribution in [2.45, 2.75) is 4.90 Å². The van der Waals surface area contributed by atoms with Gasteiger partial charge in [-0.1, -0.05) is 35.9 Å². The molecule has 0 aliphatic heterocycles. The normalized spacial score (nSPS) is 11.1. The summed E-state index contributed by atoms with van der Waals surface area (Å²) < 4.78 is 29.0. The van der Waals surface area contributed by atoms with E-state index in [1.54, 1.807) is 42.5 Å². The third-order valence-corrected chi connectivity index (χ3v) is 6.28. The molecule has 0 saturated carbocycles. The van der Waals surface area contributed by atoms with Crippen molar-refractivity contribution in [2.24, 2.45) is 0 Å². The van der Waals surface area contributed by atoms with Crippen molar-refractivity contribution in [1.82, 2.24) is 9.78 Å². The van der Waals surface area contributed by atoms with Crippen LogP contribution in [0.2, 0.25) is 5.02 Å². The SMILES string of the molecule is O=C(Nc1cc(S(=O)(=O)Nc2cccc(Cl)c2)ccc1O)c1cnn(-c2ccccc2)c(=O)c1. The maximum atomic E-state index is 12.7. The monoisotopic (exact) mass is 496 g/mol. The highest BCUT2D eigenvalue weighted by Gasteiger charge is 2.18. The molecule has 0 spiro atoms. The van der Waals surface area contributed by atoms with Gasteiger partial charge < -0.3 is 10.4 Å². The molecule has 11 heteroatoms. The van der Waals surface area contributed by atoms with E-state index in [9.17, 15) is 23.1 Å². The maximum Gasteiger partial charge on any atom is 0.272 e. The number of carbonyl (C=O) groups is 1. The van der Waals surface area contributed by atoms with Gasteiger partial charge in [-0.2, -0.15) is 9.78 Å². The number of hydrogen-bond donors (Lipinski definition) is 3. The van der Waals surface area contributed by atoms with Crippen LogP contribution in [0.4, 0.5) is 11.4 Å². The number of nitrogens with zero attached hydrogens (tertiary/aromatic N) is 2. The Morgan fingerprint density at radius 1 is 0.971 bits per heavy atom. The molecule has 3 N–H and O–H groups in total. The van der Waals surface area contributed by atoms with Crippen molar-refractivity contribution in [3.8, 4) is 11.4 Å². The summed E-state index contributed by atoms with van der Waals surface area (Å²) in [5.41, 5.74) is 0.0108. The zero-order valence-electron chi connectivity index (χ0n) is 17.3. The highest BCUT2D eigenvalue weighted by Crippen LogP contribution is 2.28. The number of aromatic hydroxyl groups is 1. The Hall–Kier alpha value is -4.15. The Balaban J connectivity index is 1.57. The standard InChI is InChI=1S/C23H17ClN4O5S/c24-16-5-4-6-17(12-16)27-34(32,33)19-9-10-21(29)20(13-19)26-23(31)15-11-22(30)28(25-14-15)18-7-2-1-3-8-18/h1-14,27,29H,(H,26,31). The summed E-state index contributed by atoms with van der Waals surface area (Å²) >= 11 is 5.89. The minimum Gasteiger partial charge on any atom is -0.506 e. The molecule has 0 saturated heterocycles. The summed E-state index contributed by atoms with van der Waals surface area (Å²) in [6, 6.07) is 19.3. The number of anilines is 2. The molecule has 1 amide bonds. The first-order valence-electron chi connectivity index (χ1n) is 9.80. The van der Waals surface area contributed by atoms with Gasteiger partial charge in [0, 0.05) is 11.1 Å². The Morgan fingerprint density at radius 2 is 1.74 bits per heavy atom. The topological polar surface area (TPSA) is 130 Å². The summed E-state index contributed by atoms with van der Waals surface area (Å²) in [7, 11) is -4.05. The number of amides is 1. The minimum atomic E-state index is -4.05. The number of phenolic OH excluding ortho intramolecular Hbond substituents is 1. The molecule has 4 rings (SSSR count). The average Bonchev–Trinajstić information content (AvgIpc) is 2.80. The van der Waals surface area contributed by atoms with Crippen LogP contribution in [0.1, 0.15) is 10.4 Å². The van der Waals surface area contributed by atoms with E-state index >= 15 is 0 Å². The first-order valence-corrected chi connectivity index (χ1v) is 11.7. The summed E-state index contributed by atoms with van der Waals surface area (Å²) in [6.45, 7) is 0. The lowest BCUT2D eigenvalue weighted by Gasteiger charge is -2.12. The van der Waals surface area contributed by atoms with Crippen LogP contribution < -0.4 is 15.6 Å². The quantitative estimate of drug-likeness (QED) is 0.349. The van der Waals surface area contributed by atoms with Crippen LogP contribution >= 0.6 is 11.6 Å². The van der Waals surface area contributed by atoms with Crippen molar-refractivity contribution in [3.63, 3.8) is 0 Å². The van der Waals surface area contributed by atoms with Crippen molar-refractivity contribution in [3.05, 3.63) is 106 Å². The molecular formula is C23H17ClN4O5S. The van der Waals surface area contributed by atoms with Crippen LogP contribution in [0, 0.1) is 0 Å². The summed E-state index contributed by atoms with van der Waals surface area (Å²) in [4.78, 5) is 24.9. The van der Waals surface area contributed by atoms with Gasteiger partial charge in [0.2, 0.25) is 0 Å². The van der Waals surface area contributed by atoms with E-state index in [-0.39, 0.29) is 27.6 Å². The van der Waals surface area contributed by atoms with Crippen molar-refractivity contribution in [2.75, 3.05) is 10.0 Å². The van der Waals surface area contributed by atoms with E-state index in [4.69, 9.17) is 11.6 Å². The smallest absolute Gasteiger partial charge is 0.272 e. The number of aromatic nitrogens is 2. The number of phenols is 1. The molecule has 1 aromatic heterocycles. The van der Waals surface area contributed by atoms with Crippen LogP contribution in [0.25, 0.3) is 5.69 Å². The number of carbonyl (C=O) groups excluding carboxylic acids is 1. The highest BCUT2D eigenvalue weighted by atomic mass is 35.5. The molecule has 1 heterocycles. The fourth-order valence-electron chi connectivity index (χ4n) is 3.04. The number of nitrogens with one attached hydrogen (secondary N) is 2. The third kappa shape index (κ3) is 5.08. The van der Waals surface area contributed by atoms with Crippen molar-refractivity contribution in [1.29, 1.82) is 0 Å². The largest absolute Gasteiger partial charge is 0.506 e. The first-order chi connectivity index (χ1) is 16.2. The Kier molecular flexibility index (Phi) is 6.35. The lowest BCUT2D eigenvalue weighted by Crippen LogP contribution is -2.24. The fraction of sp³-hybridized carbons (Fsp3) is 0. The molecule has 0 atom stereocenters. The number of rotatable bonds is 6. The van der Waals surface area contributed by atoms with Gasteiger partial charge in [-0.3, -0.25) is 14.3 Å². The van der Waals surface area contributed by atoms with Crippen LogP contribution in [-0.2, 0) is 10.0 Å². The summed E-state index contributed by atoms with van der Waals surface area (Å²) in [5, 5.41) is 16.9. The van der Waals surface area contributed by atoms with E-state index in [1.165, 1.54) is 24.4 Å². The number of para-hydroxylation sites is 1. The summed E-state index contributed by atoms with van der Waals surface area (Å²) in [6.07, 6.45) is 1.20. The maximum absolute atomic E-state index is 12.7. The lowest BCUT2D eigenvalue weighted by molar-refractivity contribution is 0.102. The molecule has 0 bridgehead atoms. The Bertz CT molecular complexity index is 1540. The molecule has 0 aliphatic carbocycles. The molecular weight excluding hydrogens is 480 g/mol. The summed E-state index contributed by atoms with van der Waals surface area (Å²) in [5.74, 6) is -1.11. The molecule has 0 radical (unpaired) electrons. The lowest BCUT2D eigenvalue weighted by atomic mass is 10.2. The van der Waals surface area contributed by atoms with Gasteiger partial charge in [-0.15, -0.1) is 0 Å². The van der Waals surface area contributed by atoms with Gasteiger partial charge in [0.25, 0.3) is 21.5 Å². The van der Waals surface area contributed by atoms with E-state index < -0.39 is 21.5 Å². The van der Waals surface area contributed by atoms with Crippen LogP contribution in [0.5, 0.6) is 5.75 Å². The number of benzene rings is 3. The van der Waals surface area contributed by atoms with Gasteiger partial charge in [0.15, 0.2) is 0 Å². The first kappa shape index (κ1) is 23.0. The Labute approximate surface area is 199 Å². The fourth-order valence-corrected chi connectivity index (χ4v) is 4.30. The van der Waals surface area contributed by atoms with Crippen molar-refractivity contribution >= 4 is 38.9 Å². The Morgan fingerprint density at radius 3 is 2.44 bits per heavy atom. The van der Waals surface area contributed by atoms with E-state index in [0.717, 1.165) is 22.9 Å². The molecule has 0 aliphatic rings. The van der Waals surface area contributed by atoms with Crippen molar-refractivity contribution < 1.29 is 18.3 Å². The zero-order valence-corrected chi connectivity index (χ0v) is 18.9. The molecule has 3 aromatic carbocycles. The second kappa shape index (κ2) is 9.38. The molecule has 0 fully saturated rings. The molecule has 4 aromatic rings. The van der Waals surface area contributed by atoms with Crippen LogP contribution in [-0.4, -0.2) is 29.2 Å². The molecule has 9 nitrogen and oxygen atoms in total. The molecule has 34 heavy (non-hydrogen) atoms. The highest BCUT2D eigenvalue weighted by molar-refractivity contribution is 7.92. The van der Waals surface area contributed by atoms with Crippen LogP contribution in [0.3, 0.4) is 0 Å². The third-order valence-electron chi connectivity index (χ3n) is 4.67. The van der Waals surface area contributed by atoms with E-state index in [2.05, 4.69) is 15.1 Å². The number of halogens is 1. The zero-order chi connectivity index (χ0) is 24.3. The predicted molar refractivity (Wildman–Crippen MR) is 128 cm³/mol. The number of hydrogen-bond acceptors (Lipinski definition) is 6. The minimum absolute atomic E-state index is 0.0677. The second-order valence-corrected chi connectivity index (χ2v) is 9.20. The van der Waals surface area contributed by atoms with Gasteiger partial charge >= 0.3 is 0 Å². The van der Waals surface area contributed by atoms with Gasteiger partial charge in [-0.25, -0.2) is 8.42 Å². The van der Waals surface area contributed by atoms with Gasteiger partial charge in [-0.05, 0) is 48.5 Å². The molecule has 172 valence electrons. The predicted octanol–water partition coefficient (Wildman–Crippen LogP) is 3.64. The molecule has 0 unspecified atom stereocenters. The van der Waals surface area contributed by atoms with Gasteiger partial charge in [0.1, 0.15) is 5.75 Å². The van der Waals surface area contributed by atoms with Crippen LogP contribution in [0.15, 0.2) is 94.7 Å². The van der Waals surface area contributed by atoms with E-state index in [1.807, 2.05) is 0 Å². The second-order valence-electron chi connectivity index (χ2n) is 7.08. The van der Waals surface area contributed by atoms with E-state index in [0.29, 0.717) is 10.7 Å². The average molecular weight is 497 g/mol.